The number of hydrogen-bond acceptors (Lipinski definition) is 2. The zero-order chi connectivity index (χ0) is 18.2. The molecule has 0 bridgehead atoms. The van der Waals surface area contributed by atoms with Gasteiger partial charge in [-0.25, -0.2) is 4.68 Å². The highest BCUT2D eigenvalue weighted by atomic mass is 35.5. The van der Waals surface area contributed by atoms with E-state index < -0.39 is 5.91 Å². The molecule has 0 atom stereocenters. The van der Waals surface area contributed by atoms with Crippen LogP contribution in [0.3, 0.4) is 0 Å². The first-order valence-corrected chi connectivity index (χ1v) is 8.40. The number of carbonyl (C=O) groups is 1. The molecule has 0 radical (unpaired) electrons. The molecule has 0 saturated carbocycles. The lowest BCUT2D eigenvalue weighted by atomic mass is 9.78. The van der Waals surface area contributed by atoms with Gasteiger partial charge in [0.2, 0.25) is 0 Å². The van der Waals surface area contributed by atoms with Gasteiger partial charge >= 0.3 is 0 Å². The van der Waals surface area contributed by atoms with Crippen LogP contribution in [0, 0.1) is 6.92 Å². The maximum atomic E-state index is 11.3. The van der Waals surface area contributed by atoms with E-state index in [1.54, 1.807) is 10.7 Å². The second kappa shape index (κ2) is 6.37. The van der Waals surface area contributed by atoms with Crippen LogP contribution in [-0.2, 0) is 5.41 Å². The normalized spacial score (nSPS) is 11.5. The largest absolute Gasteiger partial charge is 0.364 e. The highest BCUT2D eigenvalue weighted by Gasteiger charge is 2.23. The molecular formula is C20H20ClN3O. The van der Waals surface area contributed by atoms with Crippen LogP contribution in [0.25, 0.3) is 5.69 Å². The Bertz CT molecular complexity index is 909. The molecule has 0 fully saturated rings. The zero-order valence-electron chi connectivity index (χ0n) is 14.5. The van der Waals surface area contributed by atoms with E-state index in [1.165, 1.54) is 11.1 Å². The van der Waals surface area contributed by atoms with Crippen LogP contribution in [-0.4, -0.2) is 15.7 Å². The highest BCUT2D eigenvalue weighted by Crippen LogP contribution is 2.32. The number of carbonyl (C=O) groups excluding carboxylic acids is 1. The van der Waals surface area contributed by atoms with E-state index in [2.05, 4.69) is 31.1 Å². The first-order chi connectivity index (χ1) is 11.8. The third kappa shape index (κ3) is 3.30. The van der Waals surface area contributed by atoms with Crippen molar-refractivity contribution in [1.29, 1.82) is 0 Å². The Morgan fingerprint density at radius 2 is 1.56 bits per heavy atom. The van der Waals surface area contributed by atoms with Crippen molar-refractivity contribution >= 4 is 17.5 Å². The molecule has 128 valence electrons. The molecule has 0 aliphatic heterocycles. The van der Waals surface area contributed by atoms with E-state index in [-0.39, 0.29) is 11.1 Å². The minimum absolute atomic E-state index is 0.152. The molecule has 25 heavy (non-hydrogen) atoms. The second-order valence-electron chi connectivity index (χ2n) is 6.63. The van der Waals surface area contributed by atoms with E-state index in [9.17, 15) is 4.79 Å². The average Bonchev–Trinajstić information content (AvgIpc) is 2.97. The molecule has 3 rings (SSSR count). The summed E-state index contributed by atoms with van der Waals surface area (Å²) in [6.45, 7) is 6.25. The van der Waals surface area contributed by atoms with Gasteiger partial charge in [-0.15, -0.1) is 0 Å². The summed E-state index contributed by atoms with van der Waals surface area (Å²) in [5, 5.41) is 5.00. The fourth-order valence-corrected chi connectivity index (χ4v) is 3.03. The highest BCUT2D eigenvalue weighted by molar-refractivity contribution is 6.30. The van der Waals surface area contributed by atoms with Gasteiger partial charge in [-0.05, 0) is 48.4 Å². The van der Waals surface area contributed by atoms with Gasteiger partial charge in [0.05, 0.1) is 5.69 Å². The van der Waals surface area contributed by atoms with Crippen molar-refractivity contribution < 1.29 is 4.79 Å². The van der Waals surface area contributed by atoms with E-state index in [1.807, 2.05) is 43.3 Å². The zero-order valence-corrected chi connectivity index (χ0v) is 15.2. The number of rotatable bonds is 4. The molecule has 0 saturated heterocycles. The van der Waals surface area contributed by atoms with Gasteiger partial charge in [0.15, 0.2) is 5.69 Å². The first kappa shape index (κ1) is 17.2. The maximum Gasteiger partial charge on any atom is 0.269 e. The number of halogens is 1. The molecule has 3 aromatic rings. The molecule has 1 aromatic heterocycles. The smallest absolute Gasteiger partial charge is 0.269 e. The van der Waals surface area contributed by atoms with Gasteiger partial charge in [0.25, 0.3) is 5.91 Å². The number of benzene rings is 2. The molecule has 1 heterocycles. The molecule has 2 aromatic carbocycles. The second-order valence-corrected chi connectivity index (χ2v) is 7.06. The summed E-state index contributed by atoms with van der Waals surface area (Å²) in [6.07, 6.45) is 0. The summed E-state index contributed by atoms with van der Waals surface area (Å²) in [5.41, 5.74) is 9.54. The fourth-order valence-electron chi connectivity index (χ4n) is 2.91. The van der Waals surface area contributed by atoms with Crippen molar-refractivity contribution in [2.24, 2.45) is 5.73 Å². The fraction of sp³-hybridized carbons (Fsp3) is 0.200. The first-order valence-electron chi connectivity index (χ1n) is 8.02. The Morgan fingerprint density at radius 3 is 2.04 bits per heavy atom. The predicted octanol–water partition coefficient (Wildman–Crippen LogP) is 4.26. The van der Waals surface area contributed by atoms with Crippen LogP contribution >= 0.6 is 11.6 Å². The van der Waals surface area contributed by atoms with Gasteiger partial charge in [0.1, 0.15) is 0 Å². The Balaban J connectivity index is 1.94. The monoisotopic (exact) mass is 353 g/mol. The lowest BCUT2D eigenvalue weighted by Gasteiger charge is -2.26. The summed E-state index contributed by atoms with van der Waals surface area (Å²) < 4.78 is 1.72. The third-order valence-corrected chi connectivity index (χ3v) is 4.79. The number of primary amides is 1. The SMILES string of the molecule is Cc1cc(C(N)=O)nn1-c1ccc(C(C)(C)c2ccc(Cl)cc2)cc1. The van der Waals surface area contributed by atoms with Gasteiger partial charge in [-0.2, -0.15) is 5.10 Å². The Kier molecular flexibility index (Phi) is 4.39. The summed E-state index contributed by atoms with van der Waals surface area (Å²) in [5.74, 6) is -0.526. The molecule has 0 spiro atoms. The standard InChI is InChI=1S/C20H20ClN3O/c1-13-12-18(19(22)25)23-24(13)17-10-6-15(7-11-17)20(2,3)14-4-8-16(21)9-5-14/h4-12H,1-3H3,(H2,22,25). The van der Waals surface area contributed by atoms with Crippen molar-refractivity contribution in [3.05, 3.63) is 82.1 Å². The molecule has 4 nitrogen and oxygen atoms in total. The van der Waals surface area contributed by atoms with Crippen LogP contribution in [0.5, 0.6) is 0 Å². The molecule has 0 aliphatic rings. The summed E-state index contributed by atoms with van der Waals surface area (Å²) >= 11 is 5.99. The summed E-state index contributed by atoms with van der Waals surface area (Å²) in [6, 6.07) is 17.8. The third-order valence-electron chi connectivity index (χ3n) is 4.54. The van der Waals surface area contributed by atoms with Crippen molar-refractivity contribution in [1.82, 2.24) is 9.78 Å². The lowest BCUT2D eigenvalue weighted by molar-refractivity contribution is 0.0995. The van der Waals surface area contributed by atoms with Crippen LogP contribution < -0.4 is 5.73 Å². The summed E-state index contributed by atoms with van der Waals surface area (Å²) in [7, 11) is 0. The molecule has 5 heteroatoms. The van der Waals surface area contributed by atoms with E-state index in [0.29, 0.717) is 0 Å². The lowest BCUT2D eigenvalue weighted by Crippen LogP contribution is -2.18. The average molecular weight is 354 g/mol. The van der Waals surface area contributed by atoms with E-state index in [4.69, 9.17) is 17.3 Å². The maximum absolute atomic E-state index is 11.3. The Morgan fingerprint density at radius 1 is 1.04 bits per heavy atom. The van der Waals surface area contributed by atoms with Crippen LogP contribution in [0.4, 0.5) is 0 Å². The van der Waals surface area contributed by atoms with Crippen molar-refractivity contribution in [2.75, 3.05) is 0 Å². The van der Waals surface area contributed by atoms with Gasteiger partial charge in [-0.3, -0.25) is 4.79 Å². The minimum Gasteiger partial charge on any atom is -0.364 e. The van der Waals surface area contributed by atoms with E-state index >= 15 is 0 Å². The number of aryl methyl sites for hydroxylation is 1. The number of nitrogens with zero attached hydrogens (tertiary/aromatic N) is 2. The minimum atomic E-state index is -0.526. The van der Waals surface area contributed by atoms with Crippen LogP contribution in [0.2, 0.25) is 5.02 Å². The molecule has 2 N–H and O–H groups in total. The van der Waals surface area contributed by atoms with Gasteiger partial charge in [0, 0.05) is 16.1 Å². The molecule has 0 aliphatic carbocycles. The number of aromatic nitrogens is 2. The van der Waals surface area contributed by atoms with Gasteiger partial charge < -0.3 is 5.73 Å². The Hall–Kier alpha value is -2.59. The molecular weight excluding hydrogens is 334 g/mol. The van der Waals surface area contributed by atoms with Crippen molar-refractivity contribution in [2.45, 2.75) is 26.2 Å². The quantitative estimate of drug-likeness (QED) is 0.761. The van der Waals surface area contributed by atoms with E-state index in [0.717, 1.165) is 16.4 Å². The van der Waals surface area contributed by atoms with Gasteiger partial charge in [-0.1, -0.05) is 49.7 Å². The molecule has 1 amide bonds. The van der Waals surface area contributed by atoms with Crippen LogP contribution in [0.1, 0.15) is 41.2 Å². The number of nitrogens with two attached hydrogens (primary N) is 1. The molecule has 0 unspecified atom stereocenters. The predicted molar refractivity (Wildman–Crippen MR) is 100 cm³/mol. The number of amides is 1. The summed E-state index contributed by atoms with van der Waals surface area (Å²) in [4.78, 5) is 11.3. The van der Waals surface area contributed by atoms with Crippen molar-refractivity contribution in [3.63, 3.8) is 0 Å². The topological polar surface area (TPSA) is 60.9 Å². The van der Waals surface area contributed by atoms with Crippen molar-refractivity contribution in [3.8, 4) is 5.69 Å². The number of hydrogen-bond donors (Lipinski definition) is 1. The van der Waals surface area contributed by atoms with Crippen LogP contribution in [0.15, 0.2) is 54.6 Å². The Labute approximate surface area is 152 Å².